The second kappa shape index (κ2) is 13.2. The first kappa shape index (κ1) is 30.0. The zero-order valence-corrected chi connectivity index (χ0v) is 24.4. The zero-order valence-electron chi connectivity index (χ0n) is 23.5. The van der Waals surface area contributed by atoms with E-state index in [9.17, 15) is 18.0 Å². The van der Waals surface area contributed by atoms with Crippen molar-refractivity contribution in [2.75, 3.05) is 18.0 Å². The lowest BCUT2D eigenvalue weighted by molar-refractivity contribution is -0.139. The molecular formula is C31H36FN3O5S. The van der Waals surface area contributed by atoms with Crippen LogP contribution in [0.4, 0.5) is 10.1 Å². The van der Waals surface area contributed by atoms with Crippen molar-refractivity contribution >= 4 is 27.5 Å². The lowest BCUT2D eigenvalue weighted by atomic mass is 10.1. The first-order valence-corrected chi connectivity index (χ1v) is 15.1. The van der Waals surface area contributed by atoms with Crippen LogP contribution in [0.15, 0.2) is 77.7 Å². The molecule has 3 aromatic carbocycles. The fourth-order valence-electron chi connectivity index (χ4n) is 4.91. The second-order valence-corrected chi connectivity index (χ2v) is 12.2. The van der Waals surface area contributed by atoms with Crippen LogP contribution in [0.25, 0.3) is 0 Å². The van der Waals surface area contributed by atoms with E-state index in [4.69, 9.17) is 4.74 Å². The summed E-state index contributed by atoms with van der Waals surface area (Å²) in [6, 6.07) is 17.7. The van der Waals surface area contributed by atoms with Gasteiger partial charge in [0.1, 0.15) is 24.2 Å². The summed E-state index contributed by atoms with van der Waals surface area (Å²) in [4.78, 5) is 28.5. The molecule has 0 spiro atoms. The van der Waals surface area contributed by atoms with Crippen molar-refractivity contribution in [1.29, 1.82) is 0 Å². The average Bonchev–Trinajstić information content (AvgIpc) is 3.48. The molecule has 1 aliphatic rings. The van der Waals surface area contributed by atoms with Crippen molar-refractivity contribution in [1.82, 2.24) is 10.2 Å². The SMILES string of the molecule is COc1ccc(CN(C(=O)CN(c2ccccc2F)S(=O)(=O)c2ccc(C)cc2)[C@@H](C)C(=O)NC2CCCC2)cc1. The number of carbonyl (C=O) groups is 2. The molecule has 1 saturated carbocycles. The molecule has 0 unspecified atom stereocenters. The largest absolute Gasteiger partial charge is 0.497 e. The molecule has 8 nitrogen and oxygen atoms in total. The minimum Gasteiger partial charge on any atom is -0.497 e. The van der Waals surface area contributed by atoms with Gasteiger partial charge in [0, 0.05) is 12.6 Å². The van der Waals surface area contributed by atoms with Crippen molar-refractivity contribution in [3.8, 4) is 5.75 Å². The third-order valence-corrected chi connectivity index (χ3v) is 9.16. The number of ether oxygens (including phenoxy) is 1. The van der Waals surface area contributed by atoms with E-state index >= 15 is 4.39 Å². The van der Waals surface area contributed by atoms with Gasteiger partial charge < -0.3 is 15.0 Å². The van der Waals surface area contributed by atoms with Gasteiger partial charge in [-0.25, -0.2) is 12.8 Å². The van der Waals surface area contributed by atoms with Crippen LogP contribution in [0.3, 0.4) is 0 Å². The highest BCUT2D eigenvalue weighted by Crippen LogP contribution is 2.27. The molecule has 0 aromatic heterocycles. The number of amides is 2. The topological polar surface area (TPSA) is 96.0 Å². The number of aryl methyl sites for hydroxylation is 1. The van der Waals surface area contributed by atoms with E-state index < -0.39 is 34.3 Å². The van der Waals surface area contributed by atoms with Gasteiger partial charge in [-0.15, -0.1) is 0 Å². The number of methoxy groups -OCH3 is 1. The molecule has 1 aliphatic carbocycles. The first-order chi connectivity index (χ1) is 19.6. The van der Waals surface area contributed by atoms with Gasteiger partial charge in [0.2, 0.25) is 11.8 Å². The fourth-order valence-corrected chi connectivity index (χ4v) is 6.33. The van der Waals surface area contributed by atoms with E-state index in [1.165, 1.54) is 35.2 Å². The molecule has 218 valence electrons. The maximum atomic E-state index is 15.0. The molecule has 0 heterocycles. The van der Waals surface area contributed by atoms with Crippen LogP contribution >= 0.6 is 0 Å². The molecular weight excluding hydrogens is 545 g/mol. The number of nitrogens with one attached hydrogen (secondary N) is 1. The van der Waals surface area contributed by atoms with Gasteiger partial charge in [-0.3, -0.25) is 13.9 Å². The maximum Gasteiger partial charge on any atom is 0.264 e. The number of carbonyl (C=O) groups excluding carboxylic acids is 2. The molecule has 2 amide bonds. The summed E-state index contributed by atoms with van der Waals surface area (Å²) < 4.78 is 48.7. The van der Waals surface area contributed by atoms with Gasteiger partial charge in [0.05, 0.1) is 17.7 Å². The standard InChI is InChI=1S/C31H36FN3O5S/c1-22-12-18-27(19-13-22)41(38,39)35(29-11-7-6-10-28(29)32)21-30(36)34(20-24-14-16-26(40-3)17-15-24)23(2)31(37)33-25-8-4-5-9-25/h6-7,10-19,23,25H,4-5,8-9,20-21H2,1-3H3,(H,33,37)/t23-/m0/s1. The summed E-state index contributed by atoms with van der Waals surface area (Å²) in [6.07, 6.45) is 3.81. The molecule has 10 heteroatoms. The zero-order chi connectivity index (χ0) is 29.6. The number of hydrogen-bond donors (Lipinski definition) is 1. The Balaban J connectivity index is 1.69. The van der Waals surface area contributed by atoms with Gasteiger partial charge in [0.25, 0.3) is 10.0 Å². The number of hydrogen-bond acceptors (Lipinski definition) is 5. The molecule has 0 bridgehead atoms. The summed E-state index contributed by atoms with van der Waals surface area (Å²) in [6.45, 7) is 2.78. The number of benzene rings is 3. The molecule has 4 rings (SSSR count). The Morgan fingerprint density at radius 3 is 2.24 bits per heavy atom. The monoisotopic (exact) mass is 581 g/mol. The number of sulfonamides is 1. The van der Waals surface area contributed by atoms with Crippen molar-refractivity contribution in [2.24, 2.45) is 0 Å². The lowest BCUT2D eigenvalue weighted by Gasteiger charge is -2.32. The molecule has 1 N–H and O–H groups in total. The number of halogens is 1. The summed E-state index contributed by atoms with van der Waals surface area (Å²) in [5, 5.41) is 3.03. The van der Waals surface area contributed by atoms with Crippen LogP contribution in [0, 0.1) is 12.7 Å². The van der Waals surface area contributed by atoms with Crippen molar-refractivity contribution in [3.63, 3.8) is 0 Å². The van der Waals surface area contributed by atoms with Gasteiger partial charge in [-0.2, -0.15) is 0 Å². The molecule has 0 aliphatic heterocycles. The summed E-state index contributed by atoms with van der Waals surface area (Å²) >= 11 is 0. The van der Waals surface area contributed by atoms with E-state index in [-0.39, 0.29) is 29.1 Å². The minimum absolute atomic E-state index is 0.0395. The minimum atomic E-state index is -4.34. The van der Waals surface area contributed by atoms with E-state index in [0.29, 0.717) is 5.75 Å². The third kappa shape index (κ3) is 7.24. The van der Waals surface area contributed by atoms with E-state index in [0.717, 1.165) is 47.2 Å². The molecule has 0 saturated heterocycles. The smallest absolute Gasteiger partial charge is 0.264 e. The van der Waals surface area contributed by atoms with Crippen LogP contribution in [0.5, 0.6) is 5.75 Å². The third-order valence-electron chi connectivity index (χ3n) is 7.39. The summed E-state index contributed by atoms with van der Waals surface area (Å²) in [7, 11) is -2.79. The number of para-hydroxylation sites is 1. The molecule has 0 radical (unpaired) electrons. The average molecular weight is 582 g/mol. The lowest BCUT2D eigenvalue weighted by Crippen LogP contribution is -2.52. The Labute approximate surface area is 241 Å². The Hall–Kier alpha value is -3.92. The van der Waals surface area contributed by atoms with E-state index in [1.807, 2.05) is 6.92 Å². The Kier molecular flexibility index (Phi) is 9.65. The van der Waals surface area contributed by atoms with Crippen LogP contribution in [-0.4, -0.2) is 50.9 Å². The van der Waals surface area contributed by atoms with Crippen molar-refractivity contribution in [3.05, 3.63) is 89.7 Å². The van der Waals surface area contributed by atoms with Crippen LogP contribution in [-0.2, 0) is 26.2 Å². The predicted octanol–water partition coefficient (Wildman–Crippen LogP) is 4.81. The number of rotatable bonds is 11. The summed E-state index contributed by atoms with van der Waals surface area (Å²) in [5.41, 5.74) is 1.32. The Morgan fingerprint density at radius 2 is 1.63 bits per heavy atom. The quantitative estimate of drug-likeness (QED) is 0.351. The van der Waals surface area contributed by atoms with E-state index in [1.54, 1.807) is 50.4 Å². The first-order valence-electron chi connectivity index (χ1n) is 13.7. The van der Waals surface area contributed by atoms with Crippen LogP contribution in [0.1, 0.15) is 43.7 Å². The van der Waals surface area contributed by atoms with Gasteiger partial charge in [0.15, 0.2) is 0 Å². The maximum absolute atomic E-state index is 15.0. The van der Waals surface area contributed by atoms with Gasteiger partial charge >= 0.3 is 0 Å². The number of anilines is 1. The highest BCUT2D eigenvalue weighted by molar-refractivity contribution is 7.92. The van der Waals surface area contributed by atoms with E-state index in [2.05, 4.69) is 5.32 Å². The fraction of sp³-hybridized carbons (Fsp3) is 0.355. The van der Waals surface area contributed by atoms with Gasteiger partial charge in [-0.05, 0) is 68.7 Å². The normalized spacial score (nSPS) is 14.3. The van der Waals surface area contributed by atoms with Crippen LogP contribution in [0.2, 0.25) is 0 Å². The summed E-state index contributed by atoms with van der Waals surface area (Å²) in [5.74, 6) is -1.12. The molecule has 41 heavy (non-hydrogen) atoms. The number of nitrogens with zero attached hydrogens (tertiary/aromatic N) is 2. The highest BCUT2D eigenvalue weighted by atomic mass is 32.2. The predicted molar refractivity (Wildman–Crippen MR) is 156 cm³/mol. The van der Waals surface area contributed by atoms with Crippen molar-refractivity contribution in [2.45, 2.75) is 63.1 Å². The van der Waals surface area contributed by atoms with Crippen LogP contribution < -0.4 is 14.4 Å². The Bertz CT molecular complexity index is 1460. The molecule has 1 atom stereocenters. The van der Waals surface area contributed by atoms with Gasteiger partial charge in [-0.1, -0.05) is 54.8 Å². The Morgan fingerprint density at radius 1 is 1.00 bits per heavy atom. The molecule has 3 aromatic rings. The highest BCUT2D eigenvalue weighted by Gasteiger charge is 2.34. The van der Waals surface area contributed by atoms with Crippen molar-refractivity contribution < 1.29 is 27.1 Å². The second-order valence-electron chi connectivity index (χ2n) is 10.3. The molecule has 1 fully saturated rings.